The average molecular weight is 280 g/mol. The van der Waals surface area contributed by atoms with Crippen LogP contribution in [0, 0.1) is 0 Å². The first-order valence-electron chi connectivity index (χ1n) is 7.11. The van der Waals surface area contributed by atoms with Crippen molar-refractivity contribution in [1.29, 1.82) is 0 Å². The Morgan fingerprint density at radius 2 is 2.19 bits per heavy atom. The van der Waals surface area contributed by atoms with Crippen molar-refractivity contribution in [3.05, 3.63) is 49.2 Å². The van der Waals surface area contributed by atoms with Gasteiger partial charge in [0.25, 0.3) is 0 Å². The first-order chi connectivity index (χ1) is 10.4. The van der Waals surface area contributed by atoms with E-state index in [0.717, 1.165) is 36.8 Å². The van der Waals surface area contributed by atoms with E-state index in [1.165, 1.54) is 0 Å². The van der Waals surface area contributed by atoms with Crippen LogP contribution in [0.5, 0.6) is 0 Å². The third-order valence-corrected chi connectivity index (χ3v) is 3.84. The van der Waals surface area contributed by atoms with Crippen molar-refractivity contribution in [2.45, 2.75) is 12.5 Å². The van der Waals surface area contributed by atoms with E-state index < -0.39 is 0 Å². The van der Waals surface area contributed by atoms with Gasteiger partial charge in [-0.25, -0.2) is 9.97 Å². The quantitative estimate of drug-likeness (QED) is 0.790. The predicted molar refractivity (Wildman–Crippen MR) is 80.6 cm³/mol. The Labute approximate surface area is 122 Å². The van der Waals surface area contributed by atoms with Gasteiger partial charge in [-0.05, 0) is 25.1 Å². The van der Waals surface area contributed by atoms with Crippen LogP contribution in [-0.2, 0) is 0 Å². The van der Waals surface area contributed by atoms with Gasteiger partial charge in [0.05, 0.1) is 18.4 Å². The fraction of sp³-hybridized carbons (Fsp3) is 0.267. The molecule has 0 saturated carbocycles. The SMILES string of the molecule is c1ccn2c(N(c3cnccn3)C3CCNC3)cnc2c1. The summed E-state index contributed by atoms with van der Waals surface area (Å²) in [5.74, 6) is 1.89. The summed E-state index contributed by atoms with van der Waals surface area (Å²) >= 11 is 0. The molecule has 106 valence electrons. The molecule has 6 heteroatoms. The summed E-state index contributed by atoms with van der Waals surface area (Å²) in [6, 6.07) is 6.38. The van der Waals surface area contributed by atoms with Crippen LogP contribution in [0.1, 0.15) is 6.42 Å². The molecule has 1 saturated heterocycles. The summed E-state index contributed by atoms with van der Waals surface area (Å²) in [6.07, 6.45) is 10.3. The molecule has 0 aliphatic carbocycles. The highest BCUT2D eigenvalue weighted by atomic mass is 15.3. The van der Waals surface area contributed by atoms with Crippen LogP contribution in [0.25, 0.3) is 5.65 Å². The summed E-state index contributed by atoms with van der Waals surface area (Å²) in [5.41, 5.74) is 0.937. The predicted octanol–water partition coefficient (Wildman–Crippen LogP) is 1.62. The van der Waals surface area contributed by atoms with Crippen LogP contribution >= 0.6 is 0 Å². The minimum atomic E-state index is 0.363. The summed E-state index contributed by atoms with van der Waals surface area (Å²) in [7, 11) is 0. The Bertz CT molecular complexity index is 732. The van der Waals surface area contributed by atoms with E-state index in [4.69, 9.17) is 0 Å². The van der Waals surface area contributed by atoms with Crippen molar-refractivity contribution >= 4 is 17.3 Å². The van der Waals surface area contributed by atoms with Gasteiger partial charge in [-0.2, -0.15) is 0 Å². The van der Waals surface area contributed by atoms with Crippen LogP contribution in [0.15, 0.2) is 49.2 Å². The average Bonchev–Trinajstić information content (AvgIpc) is 3.20. The van der Waals surface area contributed by atoms with Crippen molar-refractivity contribution < 1.29 is 0 Å². The molecule has 1 unspecified atom stereocenters. The second-order valence-corrected chi connectivity index (χ2v) is 5.13. The maximum absolute atomic E-state index is 4.49. The van der Waals surface area contributed by atoms with E-state index in [0.29, 0.717) is 6.04 Å². The molecule has 3 aromatic rings. The third kappa shape index (κ3) is 2.13. The van der Waals surface area contributed by atoms with Gasteiger partial charge in [0.15, 0.2) is 5.82 Å². The summed E-state index contributed by atoms with van der Waals surface area (Å²) in [5, 5.41) is 3.41. The largest absolute Gasteiger partial charge is 0.315 e. The number of hydrogen-bond donors (Lipinski definition) is 1. The Morgan fingerprint density at radius 3 is 3.00 bits per heavy atom. The highest BCUT2D eigenvalue weighted by Gasteiger charge is 2.27. The zero-order valence-corrected chi connectivity index (χ0v) is 11.6. The van der Waals surface area contributed by atoms with E-state index in [-0.39, 0.29) is 0 Å². The van der Waals surface area contributed by atoms with Crippen molar-refractivity contribution in [2.24, 2.45) is 0 Å². The molecule has 1 aliphatic rings. The number of nitrogens with one attached hydrogen (secondary N) is 1. The van der Waals surface area contributed by atoms with Crippen LogP contribution in [0.2, 0.25) is 0 Å². The van der Waals surface area contributed by atoms with Crippen LogP contribution < -0.4 is 10.2 Å². The van der Waals surface area contributed by atoms with Gasteiger partial charge in [0, 0.05) is 25.1 Å². The molecule has 1 fully saturated rings. The Kier molecular flexibility index (Phi) is 3.01. The van der Waals surface area contributed by atoms with E-state index in [1.54, 1.807) is 18.6 Å². The number of rotatable bonds is 3. The normalized spacial score (nSPS) is 18.2. The van der Waals surface area contributed by atoms with Crippen LogP contribution in [0.3, 0.4) is 0 Å². The molecule has 0 bridgehead atoms. The first-order valence-corrected chi connectivity index (χ1v) is 7.11. The van der Waals surface area contributed by atoms with E-state index in [1.807, 2.05) is 30.6 Å². The highest BCUT2D eigenvalue weighted by molar-refractivity contribution is 5.61. The maximum atomic E-state index is 4.49. The van der Waals surface area contributed by atoms with Gasteiger partial charge >= 0.3 is 0 Å². The second kappa shape index (κ2) is 5.14. The van der Waals surface area contributed by atoms with Crippen molar-refractivity contribution in [3.8, 4) is 0 Å². The van der Waals surface area contributed by atoms with E-state index >= 15 is 0 Å². The van der Waals surface area contributed by atoms with E-state index in [2.05, 4.69) is 29.6 Å². The number of aromatic nitrogens is 4. The number of pyridine rings is 1. The minimum Gasteiger partial charge on any atom is -0.315 e. The molecule has 1 N–H and O–H groups in total. The summed E-state index contributed by atoms with van der Waals surface area (Å²) in [4.78, 5) is 15.4. The zero-order valence-electron chi connectivity index (χ0n) is 11.6. The summed E-state index contributed by atoms with van der Waals surface area (Å²) < 4.78 is 2.09. The van der Waals surface area contributed by atoms with E-state index in [9.17, 15) is 0 Å². The zero-order chi connectivity index (χ0) is 14.1. The molecule has 4 rings (SSSR count). The van der Waals surface area contributed by atoms with Gasteiger partial charge < -0.3 is 10.2 Å². The molecule has 21 heavy (non-hydrogen) atoms. The van der Waals surface area contributed by atoms with Crippen molar-refractivity contribution in [3.63, 3.8) is 0 Å². The third-order valence-electron chi connectivity index (χ3n) is 3.84. The molecule has 6 nitrogen and oxygen atoms in total. The number of imidazole rings is 1. The summed E-state index contributed by atoms with van der Waals surface area (Å²) in [6.45, 7) is 1.97. The lowest BCUT2D eigenvalue weighted by atomic mass is 10.2. The van der Waals surface area contributed by atoms with Crippen molar-refractivity contribution in [2.75, 3.05) is 18.0 Å². The Hall–Kier alpha value is -2.47. The van der Waals surface area contributed by atoms with Gasteiger partial charge in [0.2, 0.25) is 0 Å². The van der Waals surface area contributed by atoms with Gasteiger partial charge in [0.1, 0.15) is 11.5 Å². The second-order valence-electron chi connectivity index (χ2n) is 5.13. The smallest absolute Gasteiger partial charge is 0.152 e. The topological polar surface area (TPSA) is 58.4 Å². The van der Waals surface area contributed by atoms with Crippen LogP contribution in [0.4, 0.5) is 11.6 Å². The standard InChI is InChI=1S/C15H16N6/c1-2-8-20-13(3-1)19-11-15(20)21(12-4-5-16-9-12)14-10-17-6-7-18-14/h1-3,6-8,10-12,16H,4-5,9H2. The minimum absolute atomic E-state index is 0.363. The fourth-order valence-electron chi connectivity index (χ4n) is 2.86. The molecule has 4 heterocycles. The molecule has 1 atom stereocenters. The molecular weight excluding hydrogens is 264 g/mol. The van der Waals surface area contributed by atoms with Crippen LogP contribution in [-0.4, -0.2) is 38.5 Å². The highest BCUT2D eigenvalue weighted by Crippen LogP contribution is 2.28. The van der Waals surface area contributed by atoms with Gasteiger partial charge in [-0.3, -0.25) is 9.38 Å². The molecule has 0 spiro atoms. The van der Waals surface area contributed by atoms with Gasteiger partial charge in [-0.15, -0.1) is 0 Å². The Balaban J connectivity index is 1.85. The molecule has 0 amide bonds. The lowest BCUT2D eigenvalue weighted by Crippen LogP contribution is -2.34. The maximum Gasteiger partial charge on any atom is 0.152 e. The molecule has 3 aromatic heterocycles. The number of anilines is 2. The van der Waals surface area contributed by atoms with Gasteiger partial charge in [-0.1, -0.05) is 6.07 Å². The van der Waals surface area contributed by atoms with Crippen molar-refractivity contribution in [1.82, 2.24) is 24.7 Å². The Morgan fingerprint density at radius 1 is 1.19 bits per heavy atom. The number of hydrogen-bond acceptors (Lipinski definition) is 5. The first kappa shape index (κ1) is 12.3. The monoisotopic (exact) mass is 280 g/mol. The molecule has 1 aliphatic heterocycles. The lowest BCUT2D eigenvalue weighted by Gasteiger charge is -2.28. The molecule has 0 aromatic carbocycles. The number of nitrogens with zero attached hydrogens (tertiary/aromatic N) is 5. The fourth-order valence-corrected chi connectivity index (χ4v) is 2.86. The molecule has 0 radical (unpaired) electrons. The lowest BCUT2D eigenvalue weighted by molar-refractivity contribution is 0.693. The molecular formula is C15H16N6. The number of fused-ring (bicyclic) bond motifs is 1.